The van der Waals surface area contributed by atoms with Gasteiger partial charge in [-0.05, 0) is 36.2 Å². The molecule has 0 aliphatic rings. The average Bonchev–Trinajstić information content (AvgIpc) is 2.39. The first-order valence-electron chi connectivity index (χ1n) is 5.79. The van der Waals surface area contributed by atoms with Crippen LogP contribution in [-0.2, 0) is 6.54 Å². The zero-order chi connectivity index (χ0) is 13.8. The SMILES string of the molecule is Cc1ccc(NCc2ccc(F)cc2)c([N+](=O)[O-])c1. The lowest BCUT2D eigenvalue weighted by Gasteiger charge is -2.07. The molecule has 2 rings (SSSR count). The van der Waals surface area contributed by atoms with Crippen LogP contribution in [0.3, 0.4) is 0 Å². The number of hydrogen-bond acceptors (Lipinski definition) is 3. The normalized spacial score (nSPS) is 10.2. The van der Waals surface area contributed by atoms with Crippen LogP contribution in [0.1, 0.15) is 11.1 Å². The van der Waals surface area contributed by atoms with E-state index in [9.17, 15) is 14.5 Å². The van der Waals surface area contributed by atoms with Crippen molar-refractivity contribution in [1.29, 1.82) is 0 Å². The van der Waals surface area contributed by atoms with Gasteiger partial charge in [0, 0.05) is 12.6 Å². The van der Waals surface area contributed by atoms with Crippen molar-refractivity contribution in [3.63, 3.8) is 0 Å². The molecule has 0 bridgehead atoms. The predicted octanol–water partition coefficient (Wildman–Crippen LogP) is 3.65. The molecule has 0 atom stereocenters. The number of benzene rings is 2. The van der Waals surface area contributed by atoms with E-state index in [0.717, 1.165) is 11.1 Å². The largest absolute Gasteiger partial charge is 0.375 e. The topological polar surface area (TPSA) is 55.2 Å². The minimum atomic E-state index is -0.417. The Morgan fingerprint density at radius 2 is 1.89 bits per heavy atom. The lowest BCUT2D eigenvalue weighted by Crippen LogP contribution is -2.02. The molecule has 0 unspecified atom stereocenters. The summed E-state index contributed by atoms with van der Waals surface area (Å²) in [6.07, 6.45) is 0. The maximum absolute atomic E-state index is 12.8. The summed E-state index contributed by atoms with van der Waals surface area (Å²) >= 11 is 0. The van der Waals surface area contributed by atoms with Crippen LogP contribution in [0.25, 0.3) is 0 Å². The number of aryl methyl sites for hydroxylation is 1. The van der Waals surface area contributed by atoms with Crippen molar-refractivity contribution in [2.75, 3.05) is 5.32 Å². The van der Waals surface area contributed by atoms with E-state index in [1.165, 1.54) is 18.2 Å². The summed E-state index contributed by atoms with van der Waals surface area (Å²) in [5.74, 6) is -0.301. The van der Waals surface area contributed by atoms with E-state index < -0.39 is 4.92 Å². The molecule has 0 saturated carbocycles. The van der Waals surface area contributed by atoms with Crippen molar-refractivity contribution < 1.29 is 9.31 Å². The molecule has 0 spiro atoms. The van der Waals surface area contributed by atoms with Crippen molar-refractivity contribution in [1.82, 2.24) is 0 Å². The second-order valence-corrected chi connectivity index (χ2v) is 4.26. The van der Waals surface area contributed by atoms with E-state index in [4.69, 9.17) is 0 Å². The van der Waals surface area contributed by atoms with Crippen LogP contribution >= 0.6 is 0 Å². The summed E-state index contributed by atoms with van der Waals surface area (Å²) < 4.78 is 12.8. The minimum absolute atomic E-state index is 0.0436. The van der Waals surface area contributed by atoms with Gasteiger partial charge in [0.05, 0.1) is 4.92 Å². The van der Waals surface area contributed by atoms with Crippen LogP contribution in [0.5, 0.6) is 0 Å². The monoisotopic (exact) mass is 260 g/mol. The van der Waals surface area contributed by atoms with Gasteiger partial charge in [-0.3, -0.25) is 10.1 Å². The smallest absolute Gasteiger partial charge is 0.292 e. The van der Waals surface area contributed by atoms with Crippen LogP contribution < -0.4 is 5.32 Å². The molecule has 98 valence electrons. The van der Waals surface area contributed by atoms with Gasteiger partial charge < -0.3 is 5.32 Å². The molecule has 0 aliphatic heterocycles. The van der Waals surface area contributed by atoms with Crippen molar-refractivity contribution in [2.24, 2.45) is 0 Å². The van der Waals surface area contributed by atoms with Gasteiger partial charge >= 0.3 is 0 Å². The lowest BCUT2D eigenvalue weighted by atomic mass is 10.1. The number of anilines is 1. The van der Waals surface area contributed by atoms with Gasteiger partial charge in [0.1, 0.15) is 11.5 Å². The van der Waals surface area contributed by atoms with Gasteiger partial charge in [-0.15, -0.1) is 0 Å². The van der Waals surface area contributed by atoms with E-state index in [1.54, 1.807) is 31.2 Å². The number of nitro groups is 1. The third kappa shape index (κ3) is 3.28. The Morgan fingerprint density at radius 1 is 1.21 bits per heavy atom. The Kier molecular flexibility index (Phi) is 3.75. The van der Waals surface area contributed by atoms with Crippen molar-refractivity contribution in [3.05, 3.63) is 69.5 Å². The highest BCUT2D eigenvalue weighted by atomic mass is 19.1. The maximum atomic E-state index is 12.8. The number of rotatable bonds is 4. The van der Waals surface area contributed by atoms with Crippen molar-refractivity contribution in [3.8, 4) is 0 Å². The van der Waals surface area contributed by atoms with Crippen LogP contribution in [0.2, 0.25) is 0 Å². The number of nitrogens with zero attached hydrogens (tertiary/aromatic N) is 1. The molecule has 0 aliphatic carbocycles. The Hall–Kier alpha value is -2.43. The van der Waals surface area contributed by atoms with Gasteiger partial charge in [-0.25, -0.2) is 4.39 Å². The molecule has 0 fully saturated rings. The molecule has 0 radical (unpaired) electrons. The molecule has 5 heteroatoms. The van der Waals surface area contributed by atoms with E-state index in [1.807, 2.05) is 0 Å². The first kappa shape index (κ1) is 13.0. The van der Waals surface area contributed by atoms with Crippen LogP contribution in [0, 0.1) is 22.9 Å². The molecule has 2 aromatic carbocycles. The molecule has 0 saturated heterocycles. The van der Waals surface area contributed by atoms with Gasteiger partial charge in [0.2, 0.25) is 0 Å². The van der Waals surface area contributed by atoms with Gasteiger partial charge in [0.15, 0.2) is 0 Å². The van der Waals surface area contributed by atoms with Crippen LogP contribution in [0.4, 0.5) is 15.8 Å². The predicted molar refractivity (Wildman–Crippen MR) is 71.6 cm³/mol. The van der Waals surface area contributed by atoms with E-state index in [0.29, 0.717) is 12.2 Å². The Morgan fingerprint density at radius 3 is 2.53 bits per heavy atom. The fraction of sp³-hybridized carbons (Fsp3) is 0.143. The van der Waals surface area contributed by atoms with Crippen LogP contribution in [0.15, 0.2) is 42.5 Å². The highest BCUT2D eigenvalue weighted by Gasteiger charge is 2.13. The fourth-order valence-corrected chi connectivity index (χ4v) is 1.74. The fourth-order valence-electron chi connectivity index (χ4n) is 1.74. The summed E-state index contributed by atoms with van der Waals surface area (Å²) in [5.41, 5.74) is 2.19. The third-order valence-corrected chi connectivity index (χ3v) is 2.75. The second kappa shape index (κ2) is 5.48. The summed E-state index contributed by atoms with van der Waals surface area (Å²) in [6.45, 7) is 2.21. The molecular weight excluding hydrogens is 247 g/mol. The number of hydrogen-bond donors (Lipinski definition) is 1. The number of halogens is 1. The van der Waals surface area contributed by atoms with Crippen LogP contribution in [-0.4, -0.2) is 4.92 Å². The first-order chi connectivity index (χ1) is 9.06. The maximum Gasteiger partial charge on any atom is 0.292 e. The van der Waals surface area contributed by atoms with Gasteiger partial charge in [-0.2, -0.15) is 0 Å². The molecule has 4 nitrogen and oxygen atoms in total. The highest BCUT2D eigenvalue weighted by molar-refractivity contribution is 5.62. The molecular formula is C14H13FN2O2. The number of nitrogens with one attached hydrogen (secondary N) is 1. The van der Waals surface area contributed by atoms with Crippen molar-refractivity contribution in [2.45, 2.75) is 13.5 Å². The quantitative estimate of drug-likeness (QED) is 0.674. The zero-order valence-electron chi connectivity index (χ0n) is 10.4. The summed E-state index contributed by atoms with van der Waals surface area (Å²) in [5, 5.41) is 13.9. The standard InChI is InChI=1S/C14H13FN2O2/c1-10-2-7-13(14(8-10)17(18)19)16-9-11-3-5-12(15)6-4-11/h2-8,16H,9H2,1H3. The Labute approximate surface area is 110 Å². The van der Waals surface area contributed by atoms with Gasteiger partial charge in [0.25, 0.3) is 5.69 Å². The number of nitro benzene ring substituents is 1. The summed E-state index contributed by atoms with van der Waals surface area (Å²) in [6, 6.07) is 11.0. The first-order valence-corrected chi connectivity index (χ1v) is 5.79. The average molecular weight is 260 g/mol. The highest BCUT2D eigenvalue weighted by Crippen LogP contribution is 2.25. The minimum Gasteiger partial charge on any atom is -0.375 e. The van der Waals surface area contributed by atoms with E-state index in [2.05, 4.69) is 5.32 Å². The van der Waals surface area contributed by atoms with Gasteiger partial charge in [-0.1, -0.05) is 18.2 Å². The second-order valence-electron chi connectivity index (χ2n) is 4.26. The molecule has 0 heterocycles. The Bertz CT molecular complexity index is 597. The van der Waals surface area contributed by atoms with E-state index >= 15 is 0 Å². The van der Waals surface area contributed by atoms with E-state index in [-0.39, 0.29) is 11.5 Å². The summed E-state index contributed by atoms with van der Waals surface area (Å²) in [4.78, 5) is 10.5. The Balaban J connectivity index is 2.15. The summed E-state index contributed by atoms with van der Waals surface area (Å²) in [7, 11) is 0. The lowest BCUT2D eigenvalue weighted by molar-refractivity contribution is -0.384. The molecule has 19 heavy (non-hydrogen) atoms. The third-order valence-electron chi connectivity index (χ3n) is 2.75. The molecule has 1 N–H and O–H groups in total. The molecule has 0 aromatic heterocycles. The van der Waals surface area contributed by atoms with Crippen molar-refractivity contribution >= 4 is 11.4 Å². The molecule has 0 amide bonds. The molecule has 2 aromatic rings. The zero-order valence-corrected chi connectivity index (χ0v) is 10.4.